The molecular formula is C21H17F2N3O8. The molecule has 2 aromatic carbocycles. The third-order valence-corrected chi connectivity index (χ3v) is 5.27. The van der Waals surface area contributed by atoms with Crippen LogP contribution in [0, 0.1) is 21.7 Å². The third-order valence-electron chi connectivity index (χ3n) is 5.27. The third kappa shape index (κ3) is 3.86. The van der Waals surface area contributed by atoms with Gasteiger partial charge in [0.2, 0.25) is 0 Å². The van der Waals surface area contributed by atoms with E-state index >= 15 is 0 Å². The van der Waals surface area contributed by atoms with Gasteiger partial charge in [0.1, 0.15) is 11.3 Å². The number of esters is 1. The molecular weight excluding hydrogens is 460 g/mol. The lowest BCUT2D eigenvalue weighted by atomic mass is 9.90. The summed E-state index contributed by atoms with van der Waals surface area (Å²) in [6.07, 6.45) is -2.06. The van der Waals surface area contributed by atoms with Crippen molar-refractivity contribution in [2.75, 3.05) is 20.8 Å². The fourth-order valence-corrected chi connectivity index (χ4v) is 3.81. The number of amides is 3. The van der Waals surface area contributed by atoms with E-state index in [2.05, 4.69) is 5.32 Å². The Morgan fingerprint density at radius 3 is 2.26 bits per heavy atom. The van der Waals surface area contributed by atoms with Gasteiger partial charge < -0.3 is 19.4 Å². The summed E-state index contributed by atoms with van der Waals surface area (Å²) in [7, 11) is 2.24. The van der Waals surface area contributed by atoms with Crippen LogP contribution in [0.1, 0.15) is 11.6 Å². The number of ether oxygens (including phenoxy) is 2. The summed E-state index contributed by atoms with van der Waals surface area (Å²) in [5.74, 6) is -3.72. The minimum Gasteiger partial charge on any atom is -0.497 e. The van der Waals surface area contributed by atoms with Gasteiger partial charge >= 0.3 is 12.0 Å². The Morgan fingerprint density at radius 1 is 1.12 bits per heavy atom. The number of nitro benzene ring substituents is 1. The van der Waals surface area contributed by atoms with Gasteiger partial charge in [-0.1, -0.05) is 0 Å². The van der Waals surface area contributed by atoms with E-state index in [1.807, 2.05) is 0 Å². The molecule has 0 saturated heterocycles. The van der Waals surface area contributed by atoms with E-state index in [1.165, 1.54) is 7.11 Å². The number of rotatable bonds is 6. The molecule has 11 nitrogen and oxygen atoms in total. The average molecular weight is 477 g/mol. The summed E-state index contributed by atoms with van der Waals surface area (Å²) < 4.78 is 35.9. The van der Waals surface area contributed by atoms with Gasteiger partial charge in [-0.15, -0.1) is 4.48 Å². The summed E-state index contributed by atoms with van der Waals surface area (Å²) in [6.45, 7) is -0.371. The highest BCUT2D eigenvalue weighted by Gasteiger charge is 2.57. The minimum absolute atomic E-state index is 0.175. The highest BCUT2D eigenvalue weighted by molar-refractivity contribution is 6.10. The Morgan fingerprint density at radius 2 is 1.76 bits per heavy atom. The number of methoxy groups -OCH3 is 2. The van der Waals surface area contributed by atoms with Crippen molar-refractivity contribution in [2.45, 2.75) is 6.04 Å². The normalized spacial score (nSPS) is 20.0. The molecule has 0 bridgehead atoms. The summed E-state index contributed by atoms with van der Waals surface area (Å²) >= 11 is 0. The van der Waals surface area contributed by atoms with E-state index in [0.29, 0.717) is 12.1 Å². The molecule has 0 aromatic heterocycles. The number of benzene rings is 2. The fraction of sp³-hybridized carbons (Fsp3) is 0.190. The summed E-state index contributed by atoms with van der Waals surface area (Å²) in [5.41, 5.74) is -1.67. The average Bonchev–Trinajstić information content (AvgIpc) is 2.80. The van der Waals surface area contributed by atoms with Crippen LogP contribution in [0.5, 0.6) is 0 Å². The molecule has 13 heteroatoms. The number of urea groups is 1. The van der Waals surface area contributed by atoms with E-state index in [1.54, 1.807) is 0 Å². The number of carbonyl (C=O) groups is 3. The lowest BCUT2D eigenvalue weighted by molar-refractivity contribution is -0.384. The van der Waals surface area contributed by atoms with Gasteiger partial charge in [0, 0.05) is 36.9 Å². The van der Waals surface area contributed by atoms with Crippen molar-refractivity contribution in [1.82, 2.24) is 9.80 Å². The molecule has 3 amide bonds. The Kier molecular flexibility index (Phi) is 6.70. The lowest BCUT2D eigenvalue weighted by Crippen LogP contribution is -2.71. The lowest BCUT2D eigenvalue weighted by Gasteiger charge is -2.44. The topological polar surface area (TPSA) is 148 Å². The van der Waals surface area contributed by atoms with Crippen LogP contribution in [0.4, 0.5) is 29.7 Å². The molecule has 34 heavy (non-hydrogen) atoms. The van der Waals surface area contributed by atoms with Crippen LogP contribution in [0.25, 0.3) is 0 Å². The van der Waals surface area contributed by atoms with Crippen molar-refractivity contribution in [3.8, 4) is 0 Å². The van der Waals surface area contributed by atoms with Crippen LogP contribution in [0.15, 0.2) is 53.7 Å². The Hall–Kier alpha value is -4.23. The standard InChI is InChI=1S/C21H17F2N3O8/c1-33-10-16-17(19(27)34-2)18(11-3-8-14(22)15(23)9-11)26(21(29)30,20(28)24-16)13-6-4-12(5-7-13)25(31)32/h3-9,18H,10H2,1-2H3,(H-,24,27,28,29,30)/t18-,26?/m0/s1. The second-order valence-corrected chi connectivity index (χ2v) is 7.09. The molecule has 2 atom stereocenters. The molecule has 0 spiro atoms. The number of non-ortho nitro benzene ring substituents is 1. The zero-order valence-corrected chi connectivity index (χ0v) is 17.7. The highest BCUT2D eigenvalue weighted by atomic mass is 19.2. The van der Waals surface area contributed by atoms with Crippen LogP contribution in [-0.4, -0.2) is 43.8 Å². The Labute approximate surface area is 190 Å². The van der Waals surface area contributed by atoms with Gasteiger partial charge in [-0.25, -0.2) is 18.4 Å². The second kappa shape index (κ2) is 9.33. The molecule has 1 heterocycles. The number of quaternary nitrogens is 1. The summed E-state index contributed by atoms with van der Waals surface area (Å²) in [4.78, 5) is 49.1. The maximum absolute atomic E-state index is 14.2. The Bertz CT molecular complexity index is 1210. The Balaban J connectivity index is 2.44. The van der Waals surface area contributed by atoms with Crippen LogP contribution in [0.2, 0.25) is 0 Å². The zero-order chi connectivity index (χ0) is 25.2. The predicted octanol–water partition coefficient (Wildman–Crippen LogP) is 2.06. The number of nitrogens with one attached hydrogen (secondary N) is 1. The van der Waals surface area contributed by atoms with Crippen molar-refractivity contribution in [3.05, 3.63) is 81.0 Å². The monoisotopic (exact) mass is 477 g/mol. The number of hydrogen-bond acceptors (Lipinski definition) is 8. The van der Waals surface area contributed by atoms with Crippen molar-refractivity contribution in [3.63, 3.8) is 0 Å². The zero-order valence-electron chi connectivity index (χ0n) is 17.7. The summed E-state index contributed by atoms with van der Waals surface area (Å²) in [5, 5.41) is 26.0. The van der Waals surface area contributed by atoms with Crippen LogP contribution < -0.4 is 14.9 Å². The van der Waals surface area contributed by atoms with E-state index in [4.69, 9.17) is 9.47 Å². The number of nitrogens with zero attached hydrogens (tertiary/aromatic N) is 2. The van der Waals surface area contributed by atoms with E-state index in [0.717, 1.165) is 37.4 Å². The number of hydrogen-bond donors (Lipinski definition) is 1. The van der Waals surface area contributed by atoms with Crippen LogP contribution >= 0.6 is 0 Å². The minimum atomic E-state index is -2.06. The molecule has 0 saturated carbocycles. The van der Waals surface area contributed by atoms with Gasteiger partial charge in [-0.3, -0.25) is 15.4 Å². The van der Waals surface area contributed by atoms with Gasteiger partial charge in [-0.2, -0.15) is 0 Å². The van der Waals surface area contributed by atoms with E-state index in [-0.39, 0.29) is 23.6 Å². The molecule has 0 aliphatic carbocycles. The number of imide groups is 1. The molecule has 0 radical (unpaired) electrons. The number of carboxylic acid groups (broad SMARTS) is 1. The van der Waals surface area contributed by atoms with Crippen molar-refractivity contribution in [2.24, 2.45) is 0 Å². The first-order valence-corrected chi connectivity index (χ1v) is 9.51. The maximum Gasteiger partial charge on any atom is 0.432 e. The van der Waals surface area contributed by atoms with Gasteiger partial charge in [-0.05, 0) is 18.2 Å². The smallest absolute Gasteiger partial charge is 0.432 e. The molecule has 1 unspecified atom stereocenters. The second-order valence-electron chi connectivity index (χ2n) is 7.09. The SMILES string of the molecule is COCC1=C(C(=O)OC)[C@H](c2ccc(F)c(F)c2)[N+](C(=O)[O-])(c2ccc([N+](=O)[O-])cc2)C(=O)N1. The molecule has 3 rings (SSSR count). The first-order valence-electron chi connectivity index (χ1n) is 9.51. The number of nitro groups is 1. The number of halogens is 2. The van der Waals surface area contributed by atoms with Crippen LogP contribution in [-0.2, 0) is 14.3 Å². The van der Waals surface area contributed by atoms with Crippen molar-refractivity contribution in [1.29, 1.82) is 0 Å². The quantitative estimate of drug-likeness (QED) is 0.288. The van der Waals surface area contributed by atoms with Gasteiger partial charge in [0.15, 0.2) is 17.7 Å². The summed E-state index contributed by atoms with van der Waals surface area (Å²) in [6, 6.07) is 3.09. The first-order chi connectivity index (χ1) is 16.1. The molecule has 1 aliphatic rings. The number of carbonyl (C=O) groups excluding carboxylic acids is 3. The maximum atomic E-state index is 14.2. The van der Waals surface area contributed by atoms with Crippen LogP contribution in [0.3, 0.4) is 0 Å². The van der Waals surface area contributed by atoms with Crippen molar-refractivity contribution >= 4 is 29.5 Å². The molecule has 1 aliphatic heterocycles. The molecule has 0 fully saturated rings. The fourth-order valence-electron chi connectivity index (χ4n) is 3.81. The van der Waals surface area contributed by atoms with E-state index in [9.17, 15) is 38.4 Å². The first kappa shape index (κ1) is 24.4. The molecule has 178 valence electrons. The van der Waals surface area contributed by atoms with Crippen molar-refractivity contribution < 1.29 is 42.7 Å². The molecule has 2 aromatic rings. The van der Waals surface area contributed by atoms with Gasteiger partial charge in [0.25, 0.3) is 11.8 Å². The van der Waals surface area contributed by atoms with Gasteiger partial charge in [0.05, 0.1) is 24.3 Å². The molecule has 1 N–H and O–H groups in total. The largest absolute Gasteiger partial charge is 0.497 e. The van der Waals surface area contributed by atoms with E-state index < -0.39 is 56.4 Å². The predicted molar refractivity (Wildman–Crippen MR) is 109 cm³/mol. The highest BCUT2D eigenvalue weighted by Crippen LogP contribution is 2.44.